The smallest absolute Gasteiger partial charge is 0.221 e. The first-order chi connectivity index (χ1) is 7.61. The molecule has 1 aromatic carbocycles. The molecule has 5 N–H and O–H groups in total. The van der Waals surface area contributed by atoms with Gasteiger partial charge in [0.15, 0.2) is 0 Å². The van der Waals surface area contributed by atoms with Gasteiger partial charge in [-0.2, -0.15) is 0 Å². The zero-order valence-corrected chi connectivity index (χ0v) is 9.23. The molecule has 0 radical (unpaired) electrons. The van der Waals surface area contributed by atoms with Crippen LogP contribution in [0.15, 0.2) is 24.3 Å². The molecular formula is C11H17N3O2. The number of nitrogens with two attached hydrogens (primary N) is 1. The second-order valence-electron chi connectivity index (χ2n) is 3.53. The molecule has 0 saturated carbocycles. The van der Waals surface area contributed by atoms with Gasteiger partial charge in [0.1, 0.15) is 0 Å². The van der Waals surface area contributed by atoms with Gasteiger partial charge >= 0.3 is 0 Å². The molecule has 0 aliphatic heterocycles. The van der Waals surface area contributed by atoms with Crippen LogP contribution in [0.2, 0.25) is 0 Å². The van der Waals surface area contributed by atoms with Crippen LogP contribution in [0.1, 0.15) is 6.92 Å². The van der Waals surface area contributed by atoms with Gasteiger partial charge in [-0.3, -0.25) is 4.79 Å². The predicted molar refractivity (Wildman–Crippen MR) is 64.3 cm³/mol. The quantitative estimate of drug-likeness (QED) is 0.581. The standard InChI is InChI=1S/C11H17N3O2/c1-8(15)14-10-4-2-9(3-5-10)13-7-11(16)6-12/h2-5,11,13,16H,6-7,12H2,1H3,(H,14,15). The lowest BCUT2D eigenvalue weighted by Gasteiger charge is -2.11. The first-order valence-corrected chi connectivity index (χ1v) is 5.11. The third kappa shape index (κ3) is 4.29. The molecule has 5 nitrogen and oxygen atoms in total. The predicted octanol–water partition coefficient (Wildman–Crippen LogP) is 0.376. The summed E-state index contributed by atoms with van der Waals surface area (Å²) in [5, 5.41) is 15.0. The normalized spacial score (nSPS) is 11.9. The minimum atomic E-state index is -0.546. The summed E-state index contributed by atoms with van der Waals surface area (Å²) in [5.41, 5.74) is 6.90. The zero-order valence-electron chi connectivity index (χ0n) is 9.23. The molecule has 0 saturated heterocycles. The van der Waals surface area contributed by atoms with Gasteiger partial charge in [-0.05, 0) is 24.3 Å². The Morgan fingerprint density at radius 1 is 1.38 bits per heavy atom. The van der Waals surface area contributed by atoms with Crippen LogP contribution in [-0.4, -0.2) is 30.2 Å². The molecule has 1 amide bonds. The molecule has 0 heterocycles. The van der Waals surface area contributed by atoms with Crippen molar-refractivity contribution >= 4 is 17.3 Å². The summed E-state index contributed by atoms with van der Waals surface area (Å²) in [4.78, 5) is 10.8. The minimum absolute atomic E-state index is 0.0979. The van der Waals surface area contributed by atoms with Crippen LogP contribution in [0.3, 0.4) is 0 Å². The molecule has 5 heteroatoms. The van der Waals surface area contributed by atoms with E-state index in [4.69, 9.17) is 5.73 Å². The van der Waals surface area contributed by atoms with Crippen LogP contribution in [0.5, 0.6) is 0 Å². The molecule has 0 fully saturated rings. The van der Waals surface area contributed by atoms with E-state index in [0.29, 0.717) is 6.54 Å². The topological polar surface area (TPSA) is 87.4 Å². The average molecular weight is 223 g/mol. The number of benzene rings is 1. The summed E-state index contributed by atoms with van der Waals surface area (Å²) < 4.78 is 0. The molecule has 88 valence electrons. The summed E-state index contributed by atoms with van der Waals surface area (Å²) in [6, 6.07) is 7.24. The molecule has 0 aliphatic carbocycles. The van der Waals surface area contributed by atoms with E-state index in [9.17, 15) is 9.90 Å². The highest BCUT2D eigenvalue weighted by molar-refractivity contribution is 5.88. The van der Waals surface area contributed by atoms with Gasteiger partial charge in [0, 0.05) is 31.4 Å². The van der Waals surface area contributed by atoms with E-state index in [-0.39, 0.29) is 12.5 Å². The van der Waals surface area contributed by atoms with Crippen molar-refractivity contribution in [3.63, 3.8) is 0 Å². The second-order valence-corrected chi connectivity index (χ2v) is 3.53. The Labute approximate surface area is 94.7 Å². The van der Waals surface area contributed by atoms with Crippen LogP contribution < -0.4 is 16.4 Å². The van der Waals surface area contributed by atoms with Crippen LogP contribution in [0.25, 0.3) is 0 Å². The van der Waals surface area contributed by atoms with E-state index in [1.54, 1.807) is 12.1 Å². The van der Waals surface area contributed by atoms with E-state index in [1.807, 2.05) is 12.1 Å². The fraction of sp³-hybridized carbons (Fsp3) is 0.364. The molecule has 1 unspecified atom stereocenters. The summed E-state index contributed by atoms with van der Waals surface area (Å²) in [5.74, 6) is -0.0979. The number of nitrogens with one attached hydrogen (secondary N) is 2. The third-order valence-corrected chi connectivity index (χ3v) is 2.02. The van der Waals surface area contributed by atoms with Crippen LogP contribution >= 0.6 is 0 Å². The lowest BCUT2D eigenvalue weighted by atomic mass is 10.2. The Morgan fingerprint density at radius 2 is 1.94 bits per heavy atom. The van der Waals surface area contributed by atoms with Gasteiger partial charge in [-0.25, -0.2) is 0 Å². The summed E-state index contributed by atoms with van der Waals surface area (Å²) >= 11 is 0. The molecule has 0 aromatic heterocycles. The highest BCUT2D eigenvalue weighted by Gasteiger charge is 2.00. The van der Waals surface area contributed by atoms with E-state index in [1.165, 1.54) is 6.92 Å². The number of hydrogen-bond acceptors (Lipinski definition) is 4. The van der Waals surface area contributed by atoms with Crippen LogP contribution in [0.4, 0.5) is 11.4 Å². The number of aliphatic hydroxyl groups excluding tert-OH is 1. The lowest BCUT2D eigenvalue weighted by Crippen LogP contribution is -2.27. The monoisotopic (exact) mass is 223 g/mol. The van der Waals surface area contributed by atoms with E-state index in [0.717, 1.165) is 11.4 Å². The molecule has 16 heavy (non-hydrogen) atoms. The maximum atomic E-state index is 10.8. The largest absolute Gasteiger partial charge is 0.390 e. The Balaban J connectivity index is 2.48. The Hall–Kier alpha value is -1.59. The van der Waals surface area contributed by atoms with Gasteiger partial charge in [-0.1, -0.05) is 0 Å². The fourth-order valence-electron chi connectivity index (χ4n) is 1.19. The van der Waals surface area contributed by atoms with Crippen molar-refractivity contribution in [2.24, 2.45) is 5.73 Å². The SMILES string of the molecule is CC(=O)Nc1ccc(NCC(O)CN)cc1. The first-order valence-electron chi connectivity index (χ1n) is 5.11. The van der Waals surface area contributed by atoms with Crippen molar-refractivity contribution in [2.45, 2.75) is 13.0 Å². The van der Waals surface area contributed by atoms with Crippen LogP contribution in [0, 0.1) is 0 Å². The number of anilines is 2. The molecule has 1 aromatic rings. The number of amides is 1. The maximum Gasteiger partial charge on any atom is 0.221 e. The number of aliphatic hydroxyl groups is 1. The maximum absolute atomic E-state index is 10.8. The van der Waals surface area contributed by atoms with Gasteiger partial charge in [0.2, 0.25) is 5.91 Å². The number of rotatable bonds is 5. The van der Waals surface area contributed by atoms with Crippen molar-refractivity contribution in [1.29, 1.82) is 0 Å². The zero-order chi connectivity index (χ0) is 12.0. The van der Waals surface area contributed by atoms with Crippen molar-refractivity contribution in [2.75, 3.05) is 23.7 Å². The summed E-state index contributed by atoms with van der Waals surface area (Å²) in [6.07, 6.45) is -0.546. The van der Waals surface area contributed by atoms with Gasteiger partial charge < -0.3 is 21.5 Å². The molecular weight excluding hydrogens is 206 g/mol. The molecule has 1 atom stereocenters. The molecule has 0 bridgehead atoms. The second kappa shape index (κ2) is 6.09. The number of carbonyl (C=O) groups is 1. The lowest BCUT2D eigenvalue weighted by molar-refractivity contribution is -0.114. The Bertz CT molecular complexity index is 338. The average Bonchev–Trinajstić information content (AvgIpc) is 2.27. The number of carbonyl (C=O) groups excluding carboxylic acids is 1. The third-order valence-electron chi connectivity index (χ3n) is 2.02. The number of hydrogen-bond donors (Lipinski definition) is 4. The van der Waals surface area contributed by atoms with Crippen molar-refractivity contribution in [1.82, 2.24) is 0 Å². The first kappa shape index (κ1) is 12.5. The van der Waals surface area contributed by atoms with Crippen molar-refractivity contribution < 1.29 is 9.90 Å². The van der Waals surface area contributed by atoms with E-state index < -0.39 is 6.10 Å². The summed E-state index contributed by atoms with van der Waals surface area (Å²) in [6.45, 7) is 2.11. The fourth-order valence-corrected chi connectivity index (χ4v) is 1.19. The highest BCUT2D eigenvalue weighted by atomic mass is 16.3. The highest BCUT2D eigenvalue weighted by Crippen LogP contribution is 2.13. The molecule has 0 spiro atoms. The van der Waals surface area contributed by atoms with Crippen molar-refractivity contribution in [3.8, 4) is 0 Å². The molecule has 0 aliphatic rings. The van der Waals surface area contributed by atoms with Crippen LogP contribution in [-0.2, 0) is 4.79 Å². The Kier molecular flexibility index (Phi) is 4.75. The van der Waals surface area contributed by atoms with Gasteiger partial charge in [-0.15, -0.1) is 0 Å². The minimum Gasteiger partial charge on any atom is -0.390 e. The van der Waals surface area contributed by atoms with E-state index in [2.05, 4.69) is 10.6 Å². The van der Waals surface area contributed by atoms with Gasteiger partial charge in [0.25, 0.3) is 0 Å². The Morgan fingerprint density at radius 3 is 2.44 bits per heavy atom. The van der Waals surface area contributed by atoms with Crippen molar-refractivity contribution in [3.05, 3.63) is 24.3 Å². The molecule has 1 rings (SSSR count). The van der Waals surface area contributed by atoms with Gasteiger partial charge in [0.05, 0.1) is 6.10 Å². The van der Waals surface area contributed by atoms with E-state index >= 15 is 0 Å². The summed E-state index contributed by atoms with van der Waals surface area (Å²) in [7, 11) is 0.